The maximum absolute atomic E-state index is 12.7. The van der Waals surface area contributed by atoms with Crippen molar-refractivity contribution in [1.29, 1.82) is 0 Å². The molecule has 1 aromatic carbocycles. The van der Waals surface area contributed by atoms with Crippen LogP contribution in [0.4, 0.5) is 0 Å². The Morgan fingerprint density at radius 1 is 1.14 bits per heavy atom. The number of carbonyl (C=O) groups is 1. The Hall–Kier alpha value is -2.96. The fourth-order valence-electron chi connectivity index (χ4n) is 4.08. The maximum Gasteiger partial charge on any atom is 0.264 e. The summed E-state index contributed by atoms with van der Waals surface area (Å²) in [6.07, 6.45) is 9.85. The third-order valence-electron chi connectivity index (χ3n) is 5.66. The maximum atomic E-state index is 12.7. The average Bonchev–Trinajstić information content (AvgIpc) is 3.15. The van der Waals surface area contributed by atoms with E-state index in [-0.39, 0.29) is 11.5 Å². The molecule has 29 heavy (non-hydrogen) atoms. The number of aromatic nitrogens is 4. The zero-order chi connectivity index (χ0) is 20.1. The standard InChI is InChI=1S/C22H27N5O2/c28-20(13-17-7-3-1-4-8-17)23-11-12-27-21-19(14-25-27)22(29)26(16-24-21)15-18-9-5-2-6-10-18/h2,5-6,9-10,14,16-17H,1,3-4,7-8,11-13,15H2,(H,23,28). The Kier molecular flexibility index (Phi) is 6.03. The molecule has 2 heterocycles. The van der Waals surface area contributed by atoms with Crippen LogP contribution in [0.15, 0.2) is 47.7 Å². The van der Waals surface area contributed by atoms with E-state index in [1.165, 1.54) is 19.3 Å². The van der Waals surface area contributed by atoms with E-state index in [1.54, 1.807) is 21.8 Å². The molecule has 0 saturated heterocycles. The first kappa shape index (κ1) is 19.4. The molecule has 1 aliphatic rings. The molecule has 1 saturated carbocycles. The van der Waals surface area contributed by atoms with Gasteiger partial charge in [-0.1, -0.05) is 49.6 Å². The highest BCUT2D eigenvalue weighted by Crippen LogP contribution is 2.25. The molecule has 0 aliphatic heterocycles. The minimum atomic E-state index is -0.105. The summed E-state index contributed by atoms with van der Waals surface area (Å²) in [5.41, 5.74) is 1.50. The summed E-state index contributed by atoms with van der Waals surface area (Å²) in [6.45, 7) is 1.46. The molecule has 1 aliphatic carbocycles. The van der Waals surface area contributed by atoms with Crippen LogP contribution in [0.2, 0.25) is 0 Å². The summed E-state index contributed by atoms with van der Waals surface area (Å²) in [6, 6.07) is 9.82. The highest BCUT2D eigenvalue weighted by atomic mass is 16.1. The van der Waals surface area contributed by atoms with Crippen molar-refractivity contribution in [3.63, 3.8) is 0 Å². The summed E-state index contributed by atoms with van der Waals surface area (Å²) >= 11 is 0. The molecule has 7 heteroatoms. The van der Waals surface area contributed by atoms with Gasteiger partial charge in [-0.05, 0) is 24.3 Å². The van der Waals surface area contributed by atoms with Crippen LogP contribution in [0.3, 0.4) is 0 Å². The summed E-state index contributed by atoms with van der Waals surface area (Å²) in [5.74, 6) is 0.630. The van der Waals surface area contributed by atoms with Crippen molar-refractivity contribution in [2.75, 3.05) is 6.54 Å². The minimum Gasteiger partial charge on any atom is -0.354 e. The van der Waals surface area contributed by atoms with Gasteiger partial charge in [-0.3, -0.25) is 14.2 Å². The highest BCUT2D eigenvalue weighted by Gasteiger charge is 2.17. The van der Waals surface area contributed by atoms with Crippen LogP contribution in [0.1, 0.15) is 44.1 Å². The Morgan fingerprint density at radius 3 is 2.72 bits per heavy atom. The van der Waals surface area contributed by atoms with Gasteiger partial charge in [0.1, 0.15) is 11.7 Å². The number of fused-ring (bicyclic) bond motifs is 1. The molecule has 0 radical (unpaired) electrons. The van der Waals surface area contributed by atoms with Crippen molar-refractivity contribution in [3.05, 3.63) is 58.8 Å². The van der Waals surface area contributed by atoms with E-state index in [9.17, 15) is 9.59 Å². The van der Waals surface area contributed by atoms with Crippen molar-refractivity contribution >= 4 is 16.9 Å². The van der Waals surface area contributed by atoms with Gasteiger partial charge < -0.3 is 5.32 Å². The molecule has 1 amide bonds. The van der Waals surface area contributed by atoms with E-state index in [0.29, 0.717) is 43.0 Å². The lowest BCUT2D eigenvalue weighted by atomic mass is 9.87. The Balaban J connectivity index is 1.37. The lowest BCUT2D eigenvalue weighted by Gasteiger charge is -2.20. The van der Waals surface area contributed by atoms with Gasteiger partial charge in [0.2, 0.25) is 5.91 Å². The SMILES string of the molecule is O=C(CC1CCCCC1)NCCn1ncc2c(=O)n(Cc3ccccc3)cnc21. The largest absolute Gasteiger partial charge is 0.354 e. The number of benzene rings is 1. The lowest BCUT2D eigenvalue weighted by Crippen LogP contribution is -2.29. The summed E-state index contributed by atoms with van der Waals surface area (Å²) in [5, 5.41) is 7.78. The molecule has 1 fully saturated rings. The molecule has 0 bridgehead atoms. The van der Waals surface area contributed by atoms with Crippen molar-refractivity contribution in [2.24, 2.45) is 5.92 Å². The molecule has 0 spiro atoms. The van der Waals surface area contributed by atoms with Gasteiger partial charge in [-0.15, -0.1) is 0 Å². The smallest absolute Gasteiger partial charge is 0.264 e. The molecule has 2 aromatic heterocycles. The topological polar surface area (TPSA) is 81.8 Å². The van der Waals surface area contributed by atoms with Crippen molar-refractivity contribution in [2.45, 2.75) is 51.6 Å². The van der Waals surface area contributed by atoms with Crippen molar-refractivity contribution in [3.8, 4) is 0 Å². The Morgan fingerprint density at radius 2 is 1.93 bits per heavy atom. The van der Waals surface area contributed by atoms with E-state index >= 15 is 0 Å². The second-order valence-electron chi connectivity index (χ2n) is 7.83. The first-order valence-electron chi connectivity index (χ1n) is 10.4. The zero-order valence-corrected chi connectivity index (χ0v) is 16.6. The van der Waals surface area contributed by atoms with E-state index in [0.717, 1.165) is 18.4 Å². The molecule has 3 aromatic rings. The van der Waals surface area contributed by atoms with Gasteiger partial charge in [-0.2, -0.15) is 5.10 Å². The van der Waals surface area contributed by atoms with Gasteiger partial charge in [-0.25, -0.2) is 9.67 Å². The number of nitrogens with one attached hydrogen (secondary N) is 1. The summed E-state index contributed by atoms with van der Waals surface area (Å²) < 4.78 is 3.28. The number of nitrogens with zero attached hydrogens (tertiary/aromatic N) is 4. The van der Waals surface area contributed by atoms with Crippen molar-refractivity contribution in [1.82, 2.24) is 24.6 Å². The molecular formula is C22H27N5O2. The van der Waals surface area contributed by atoms with Gasteiger partial charge in [0.25, 0.3) is 5.56 Å². The number of hydrogen-bond acceptors (Lipinski definition) is 4. The predicted molar refractivity (Wildman–Crippen MR) is 112 cm³/mol. The average molecular weight is 393 g/mol. The number of rotatable bonds is 7. The van der Waals surface area contributed by atoms with Crippen molar-refractivity contribution < 1.29 is 4.79 Å². The van der Waals surface area contributed by atoms with Crippen LogP contribution < -0.4 is 10.9 Å². The quantitative estimate of drug-likeness (QED) is 0.669. The molecule has 0 atom stereocenters. The predicted octanol–water partition coefficient (Wildman–Crippen LogP) is 2.73. The fraction of sp³-hybridized carbons (Fsp3) is 0.455. The van der Waals surface area contributed by atoms with E-state index in [2.05, 4.69) is 15.4 Å². The van der Waals surface area contributed by atoms with Crippen LogP contribution in [0.5, 0.6) is 0 Å². The monoisotopic (exact) mass is 393 g/mol. The van der Waals surface area contributed by atoms with Gasteiger partial charge in [0.05, 0.1) is 19.3 Å². The van der Waals surface area contributed by atoms with Crippen LogP contribution in [-0.2, 0) is 17.9 Å². The highest BCUT2D eigenvalue weighted by molar-refractivity contribution is 5.76. The zero-order valence-electron chi connectivity index (χ0n) is 16.6. The molecule has 7 nitrogen and oxygen atoms in total. The van der Waals surface area contributed by atoms with Crippen LogP contribution in [0, 0.1) is 5.92 Å². The Labute approximate surface area is 169 Å². The van der Waals surface area contributed by atoms with Crippen LogP contribution in [0.25, 0.3) is 11.0 Å². The fourth-order valence-corrected chi connectivity index (χ4v) is 4.08. The molecule has 1 N–H and O–H groups in total. The normalized spacial score (nSPS) is 14.9. The van der Waals surface area contributed by atoms with Gasteiger partial charge >= 0.3 is 0 Å². The molecule has 152 valence electrons. The summed E-state index contributed by atoms with van der Waals surface area (Å²) in [7, 11) is 0. The Bertz CT molecular complexity index is 1020. The lowest BCUT2D eigenvalue weighted by molar-refractivity contribution is -0.122. The second kappa shape index (κ2) is 9.03. The van der Waals surface area contributed by atoms with Crippen LogP contribution in [-0.4, -0.2) is 31.8 Å². The minimum absolute atomic E-state index is 0.103. The van der Waals surface area contributed by atoms with E-state index in [4.69, 9.17) is 0 Å². The van der Waals surface area contributed by atoms with E-state index < -0.39 is 0 Å². The number of amides is 1. The molecule has 4 rings (SSSR count). The number of carbonyl (C=O) groups excluding carboxylic acids is 1. The van der Waals surface area contributed by atoms with Gasteiger partial charge in [0, 0.05) is 13.0 Å². The van der Waals surface area contributed by atoms with E-state index in [1.807, 2.05) is 30.3 Å². The summed E-state index contributed by atoms with van der Waals surface area (Å²) in [4.78, 5) is 29.4. The first-order valence-corrected chi connectivity index (χ1v) is 10.4. The first-order chi connectivity index (χ1) is 14.2. The van der Waals surface area contributed by atoms with Crippen LogP contribution >= 0.6 is 0 Å². The third kappa shape index (κ3) is 4.72. The third-order valence-corrected chi connectivity index (χ3v) is 5.66. The number of hydrogen-bond donors (Lipinski definition) is 1. The second-order valence-corrected chi connectivity index (χ2v) is 7.83. The van der Waals surface area contributed by atoms with Gasteiger partial charge in [0.15, 0.2) is 5.65 Å². The molecule has 0 unspecified atom stereocenters. The molecular weight excluding hydrogens is 366 g/mol.